The van der Waals surface area contributed by atoms with Crippen LogP contribution < -0.4 is 5.32 Å². The second-order valence-electron chi connectivity index (χ2n) is 6.82. The fourth-order valence-electron chi connectivity index (χ4n) is 4.34. The third kappa shape index (κ3) is 2.33. The van der Waals surface area contributed by atoms with Crippen molar-refractivity contribution in [3.05, 3.63) is 29.8 Å². The number of phenolic OH excluding ortho intramolecular Hbond substituents is 1. The summed E-state index contributed by atoms with van der Waals surface area (Å²) >= 11 is 0. The zero-order valence-corrected chi connectivity index (χ0v) is 12.0. The van der Waals surface area contributed by atoms with Crippen molar-refractivity contribution in [1.82, 2.24) is 10.2 Å². The molecule has 2 N–H and O–H groups in total. The first-order chi connectivity index (χ1) is 9.81. The van der Waals surface area contributed by atoms with Gasteiger partial charge in [0.15, 0.2) is 0 Å². The summed E-state index contributed by atoms with van der Waals surface area (Å²) in [5, 5.41) is 13.1. The van der Waals surface area contributed by atoms with Crippen LogP contribution in [0.1, 0.15) is 24.3 Å². The van der Waals surface area contributed by atoms with Crippen LogP contribution in [-0.4, -0.2) is 42.7 Å². The predicted molar refractivity (Wildman–Crippen MR) is 79.9 cm³/mol. The number of rotatable bonds is 3. The highest BCUT2D eigenvalue weighted by Crippen LogP contribution is 2.49. The minimum absolute atomic E-state index is 0.406. The van der Waals surface area contributed by atoms with Gasteiger partial charge in [-0.1, -0.05) is 12.1 Å². The first kappa shape index (κ1) is 12.7. The molecule has 0 aromatic heterocycles. The van der Waals surface area contributed by atoms with E-state index in [0.29, 0.717) is 11.7 Å². The van der Waals surface area contributed by atoms with E-state index in [4.69, 9.17) is 0 Å². The first-order valence-electron chi connectivity index (χ1n) is 8.03. The number of piperidine rings is 2. The Morgan fingerprint density at radius 2 is 1.90 bits per heavy atom. The summed E-state index contributed by atoms with van der Waals surface area (Å²) in [6.07, 6.45) is 2.48. The van der Waals surface area contributed by atoms with Crippen molar-refractivity contribution in [3.8, 4) is 5.75 Å². The maximum Gasteiger partial charge on any atom is 0.115 e. The highest BCUT2D eigenvalue weighted by molar-refractivity contribution is 5.30. The van der Waals surface area contributed by atoms with Gasteiger partial charge in [-0.25, -0.2) is 0 Å². The van der Waals surface area contributed by atoms with Crippen LogP contribution >= 0.6 is 0 Å². The van der Waals surface area contributed by atoms with Crippen LogP contribution in [-0.2, 0) is 0 Å². The molecule has 2 unspecified atom stereocenters. The molecular weight excluding hydrogens is 248 g/mol. The molecule has 2 atom stereocenters. The topological polar surface area (TPSA) is 35.5 Å². The van der Waals surface area contributed by atoms with Crippen molar-refractivity contribution < 1.29 is 5.11 Å². The van der Waals surface area contributed by atoms with Gasteiger partial charge in [-0.05, 0) is 80.4 Å². The number of hydrogen-bond donors (Lipinski definition) is 2. The minimum Gasteiger partial charge on any atom is -0.508 e. The summed E-state index contributed by atoms with van der Waals surface area (Å²) in [4.78, 5) is 2.67. The van der Waals surface area contributed by atoms with Crippen molar-refractivity contribution >= 4 is 0 Å². The van der Waals surface area contributed by atoms with E-state index in [1.807, 2.05) is 12.1 Å². The highest BCUT2D eigenvalue weighted by Gasteiger charge is 2.52. The van der Waals surface area contributed by atoms with E-state index in [2.05, 4.69) is 16.3 Å². The van der Waals surface area contributed by atoms with Crippen molar-refractivity contribution in [1.29, 1.82) is 0 Å². The lowest BCUT2D eigenvalue weighted by Crippen LogP contribution is -2.35. The van der Waals surface area contributed by atoms with Gasteiger partial charge < -0.3 is 15.3 Å². The SMILES string of the molecule is Oc1cccc(C2CCN(CC3C4CNCC43)CC2)c1. The quantitative estimate of drug-likeness (QED) is 0.884. The Kier molecular flexibility index (Phi) is 3.20. The average molecular weight is 272 g/mol. The van der Waals surface area contributed by atoms with Crippen LogP contribution in [0.15, 0.2) is 24.3 Å². The van der Waals surface area contributed by atoms with Crippen LogP contribution in [0.25, 0.3) is 0 Å². The summed E-state index contributed by atoms with van der Waals surface area (Å²) in [6, 6.07) is 7.84. The molecule has 1 aromatic rings. The molecule has 1 saturated carbocycles. The molecule has 2 saturated heterocycles. The van der Waals surface area contributed by atoms with Crippen LogP contribution in [0.5, 0.6) is 5.75 Å². The molecule has 20 heavy (non-hydrogen) atoms. The fraction of sp³-hybridized carbons (Fsp3) is 0.647. The summed E-state index contributed by atoms with van der Waals surface area (Å²) in [6.45, 7) is 6.29. The van der Waals surface area contributed by atoms with E-state index in [1.165, 1.54) is 51.1 Å². The highest BCUT2D eigenvalue weighted by atomic mass is 16.3. The molecule has 0 bridgehead atoms. The predicted octanol–water partition coefficient (Wildman–Crippen LogP) is 2.04. The molecule has 3 fully saturated rings. The van der Waals surface area contributed by atoms with E-state index in [9.17, 15) is 5.11 Å². The van der Waals surface area contributed by atoms with E-state index < -0.39 is 0 Å². The van der Waals surface area contributed by atoms with Crippen LogP contribution in [0.3, 0.4) is 0 Å². The van der Waals surface area contributed by atoms with Gasteiger partial charge in [-0.3, -0.25) is 0 Å². The van der Waals surface area contributed by atoms with Crippen LogP contribution in [0.2, 0.25) is 0 Å². The van der Waals surface area contributed by atoms with Gasteiger partial charge in [-0.15, -0.1) is 0 Å². The number of likely N-dealkylation sites (tertiary alicyclic amines) is 1. The maximum absolute atomic E-state index is 9.60. The molecule has 4 rings (SSSR count). The lowest BCUT2D eigenvalue weighted by atomic mass is 9.89. The van der Waals surface area contributed by atoms with Gasteiger partial charge in [0.2, 0.25) is 0 Å². The number of nitrogens with one attached hydrogen (secondary N) is 1. The van der Waals surface area contributed by atoms with Crippen molar-refractivity contribution in [2.75, 3.05) is 32.7 Å². The zero-order chi connectivity index (χ0) is 13.5. The third-order valence-electron chi connectivity index (χ3n) is 5.67. The molecule has 2 heterocycles. The second kappa shape index (κ2) is 5.05. The van der Waals surface area contributed by atoms with Crippen LogP contribution in [0.4, 0.5) is 0 Å². The van der Waals surface area contributed by atoms with Gasteiger partial charge in [0.1, 0.15) is 5.75 Å². The largest absolute Gasteiger partial charge is 0.508 e. The van der Waals surface area contributed by atoms with Gasteiger partial charge in [0.25, 0.3) is 0 Å². The van der Waals surface area contributed by atoms with E-state index in [1.54, 1.807) is 6.07 Å². The Morgan fingerprint density at radius 3 is 2.60 bits per heavy atom. The van der Waals surface area contributed by atoms with Gasteiger partial charge in [0.05, 0.1) is 0 Å². The molecule has 1 aliphatic carbocycles. The summed E-state index contributed by atoms with van der Waals surface area (Å²) in [5.41, 5.74) is 1.32. The standard InChI is InChI=1S/C17H24N2O/c20-14-3-1-2-13(8-14)12-4-6-19(7-5-12)11-17-15-9-18-10-16(15)17/h1-3,8,12,15-18,20H,4-7,9-11H2. The average Bonchev–Trinajstić information content (AvgIpc) is 2.90. The lowest BCUT2D eigenvalue weighted by Gasteiger charge is -2.32. The Hall–Kier alpha value is -1.06. The molecule has 0 spiro atoms. The molecular formula is C17H24N2O. The van der Waals surface area contributed by atoms with E-state index in [-0.39, 0.29) is 0 Å². The van der Waals surface area contributed by atoms with E-state index in [0.717, 1.165) is 17.8 Å². The van der Waals surface area contributed by atoms with Crippen molar-refractivity contribution in [2.45, 2.75) is 18.8 Å². The zero-order valence-electron chi connectivity index (χ0n) is 12.0. The smallest absolute Gasteiger partial charge is 0.115 e. The number of hydrogen-bond acceptors (Lipinski definition) is 3. The van der Waals surface area contributed by atoms with Crippen molar-refractivity contribution in [3.63, 3.8) is 0 Å². The van der Waals surface area contributed by atoms with E-state index >= 15 is 0 Å². The summed E-state index contributed by atoms with van der Waals surface area (Å²) in [5.74, 6) is 3.99. The van der Waals surface area contributed by atoms with Gasteiger partial charge in [-0.2, -0.15) is 0 Å². The second-order valence-corrected chi connectivity index (χ2v) is 6.82. The molecule has 3 aliphatic rings. The summed E-state index contributed by atoms with van der Waals surface area (Å²) < 4.78 is 0. The van der Waals surface area contributed by atoms with Gasteiger partial charge >= 0.3 is 0 Å². The molecule has 108 valence electrons. The third-order valence-corrected chi connectivity index (χ3v) is 5.67. The molecule has 1 aromatic carbocycles. The number of phenols is 1. The van der Waals surface area contributed by atoms with Crippen LogP contribution in [0, 0.1) is 17.8 Å². The minimum atomic E-state index is 0.406. The number of fused-ring (bicyclic) bond motifs is 1. The maximum atomic E-state index is 9.60. The molecule has 2 aliphatic heterocycles. The number of aromatic hydroxyl groups is 1. The Balaban J connectivity index is 1.30. The number of benzene rings is 1. The molecule has 3 heteroatoms. The van der Waals surface area contributed by atoms with Crippen molar-refractivity contribution in [2.24, 2.45) is 17.8 Å². The molecule has 0 amide bonds. The van der Waals surface area contributed by atoms with Gasteiger partial charge in [0, 0.05) is 6.54 Å². The Bertz CT molecular complexity index is 472. The molecule has 3 nitrogen and oxygen atoms in total. The lowest BCUT2D eigenvalue weighted by molar-refractivity contribution is 0.197. The molecule has 0 radical (unpaired) electrons. The normalized spacial score (nSPS) is 34.1. The fourth-order valence-corrected chi connectivity index (χ4v) is 4.34. The first-order valence-corrected chi connectivity index (χ1v) is 8.03. The summed E-state index contributed by atoms with van der Waals surface area (Å²) in [7, 11) is 0. The Labute approximate surface area is 121 Å². The number of nitrogens with zero attached hydrogens (tertiary/aromatic N) is 1. The Morgan fingerprint density at radius 1 is 1.15 bits per heavy atom. The monoisotopic (exact) mass is 272 g/mol.